The number of aromatic carboxylic acids is 1. The van der Waals surface area contributed by atoms with Gasteiger partial charge in [-0.25, -0.2) is 9.78 Å². The number of allylic oxidation sites excluding steroid dienone is 2. The first kappa shape index (κ1) is 22.5. The summed E-state index contributed by atoms with van der Waals surface area (Å²) in [7, 11) is 0. The van der Waals surface area contributed by atoms with Gasteiger partial charge in [0.15, 0.2) is 0 Å². The second kappa shape index (κ2) is 8.89. The summed E-state index contributed by atoms with van der Waals surface area (Å²) in [6, 6.07) is 5.82. The van der Waals surface area contributed by atoms with Gasteiger partial charge in [0.2, 0.25) is 5.78 Å². The lowest BCUT2D eigenvalue weighted by Crippen LogP contribution is -2.24. The molecule has 0 saturated carbocycles. The normalized spacial score (nSPS) is 14.3. The molecule has 0 saturated heterocycles. The molecule has 1 aliphatic carbocycles. The molecule has 10 heteroatoms. The average molecular weight is 452 g/mol. The van der Waals surface area contributed by atoms with Crippen LogP contribution in [0.5, 0.6) is 0 Å². The van der Waals surface area contributed by atoms with Crippen molar-refractivity contribution in [3.05, 3.63) is 69.5 Å². The molecule has 0 radical (unpaired) electrons. The molecule has 6 nitrogen and oxygen atoms in total. The number of halogens is 4. The van der Waals surface area contributed by atoms with Crippen molar-refractivity contribution in [1.29, 1.82) is 5.41 Å². The Morgan fingerprint density at radius 3 is 2.45 bits per heavy atom. The molecule has 31 heavy (non-hydrogen) atoms. The summed E-state index contributed by atoms with van der Waals surface area (Å²) in [5.74, 6) is -1.94. The molecule has 3 N–H and O–H groups in total. The van der Waals surface area contributed by atoms with Crippen LogP contribution in [-0.4, -0.2) is 27.6 Å². The van der Waals surface area contributed by atoms with Gasteiger partial charge in [-0.15, -0.1) is 0 Å². The summed E-state index contributed by atoms with van der Waals surface area (Å²) in [6.45, 7) is 0. The van der Waals surface area contributed by atoms with E-state index >= 15 is 0 Å². The van der Waals surface area contributed by atoms with Crippen LogP contribution in [0.3, 0.4) is 0 Å². The van der Waals surface area contributed by atoms with Crippen LogP contribution in [0.15, 0.2) is 47.8 Å². The van der Waals surface area contributed by atoms with Crippen molar-refractivity contribution in [2.24, 2.45) is 0 Å². The third-order valence-corrected chi connectivity index (χ3v) is 5.15. The summed E-state index contributed by atoms with van der Waals surface area (Å²) in [6.07, 6.45) is -1.44. The third kappa shape index (κ3) is 4.93. The predicted molar refractivity (Wildman–Crippen MR) is 109 cm³/mol. The van der Waals surface area contributed by atoms with Crippen LogP contribution in [0.25, 0.3) is 0 Å². The SMILES string of the molecule is N=C(C(=O)c1c(Cl)cccc1C(F)(F)F)C1=C(Nc2ccc(C(=O)O)cn2)CCCC1. The number of aromatic nitrogens is 1. The van der Waals surface area contributed by atoms with E-state index in [0.717, 1.165) is 24.8 Å². The molecule has 162 valence electrons. The molecule has 1 aliphatic rings. The van der Waals surface area contributed by atoms with E-state index in [1.54, 1.807) is 0 Å². The molecule has 0 fully saturated rings. The van der Waals surface area contributed by atoms with E-state index in [1.165, 1.54) is 18.2 Å². The number of pyridine rings is 1. The van der Waals surface area contributed by atoms with Crippen LogP contribution < -0.4 is 5.32 Å². The molecule has 0 unspecified atom stereocenters. The number of nitrogens with zero attached hydrogens (tertiary/aromatic N) is 1. The number of hydrogen-bond acceptors (Lipinski definition) is 5. The Bertz CT molecular complexity index is 1080. The monoisotopic (exact) mass is 451 g/mol. The van der Waals surface area contributed by atoms with Crippen molar-refractivity contribution < 1.29 is 27.9 Å². The lowest BCUT2D eigenvalue weighted by Gasteiger charge is -2.22. The summed E-state index contributed by atoms with van der Waals surface area (Å²) >= 11 is 5.91. The van der Waals surface area contributed by atoms with E-state index in [-0.39, 0.29) is 16.2 Å². The van der Waals surface area contributed by atoms with Gasteiger partial charge in [0.05, 0.1) is 21.7 Å². The van der Waals surface area contributed by atoms with Crippen LogP contribution in [0.1, 0.15) is 52.0 Å². The molecular formula is C21H17ClF3N3O3. The zero-order chi connectivity index (χ0) is 22.8. The minimum absolute atomic E-state index is 0.00952. The van der Waals surface area contributed by atoms with Crippen molar-refractivity contribution >= 4 is 34.9 Å². The smallest absolute Gasteiger partial charge is 0.417 e. The fraction of sp³-hybridized carbons (Fsp3) is 0.238. The van der Waals surface area contributed by atoms with Crippen molar-refractivity contribution in [3.63, 3.8) is 0 Å². The lowest BCUT2D eigenvalue weighted by molar-refractivity contribution is -0.137. The van der Waals surface area contributed by atoms with Crippen LogP contribution in [0.2, 0.25) is 5.02 Å². The van der Waals surface area contributed by atoms with E-state index < -0.39 is 34.8 Å². The maximum Gasteiger partial charge on any atom is 0.417 e. The van der Waals surface area contributed by atoms with Crippen LogP contribution >= 0.6 is 11.6 Å². The van der Waals surface area contributed by atoms with E-state index in [2.05, 4.69) is 10.3 Å². The van der Waals surface area contributed by atoms with Gasteiger partial charge in [-0.2, -0.15) is 13.2 Å². The Labute approximate surface area is 180 Å². The van der Waals surface area contributed by atoms with Gasteiger partial charge in [0.25, 0.3) is 0 Å². The van der Waals surface area contributed by atoms with Crippen LogP contribution in [-0.2, 0) is 6.18 Å². The van der Waals surface area contributed by atoms with Gasteiger partial charge in [-0.1, -0.05) is 17.7 Å². The summed E-state index contributed by atoms with van der Waals surface area (Å²) < 4.78 is 40.2. The summed E-state index contributed by atoms with van der Waals surface area (Å²) in [4.78, 5) is 27.9. The maximum atomic E-state index is 13.4. The predicted octanol–water partition coefficient (Wildman–Crippen LogP) is 5.59. The molecule has 0 atom stereocenters. The van der Waals surface area contributed by atoms with Gasteiger partial charge < -0.3 is 10.4 Å². The fourth-order valence-electron chi connectivity index (χ4n) is 3.32. The minimum atomic E-state index is -4.80. The summed E-state index contributed by atoms with van der Waals surface area (Å²) in [5.41, 5.74) is -1.74. The molecule has 0 aliphatic heterocycles. The Balaban J connectivity index is 1.96. The standard InChI is InChI=1S/C21H17ClF3N3O3/c22-14-6-3-5-13(21(23,24)25)17(14)19(29)18(26)12-4-1-2-7-15(12)28-16-9-8-11(10-27-16)20(30)31/h3,5-6,8-10,26H,1-2,4,7H2,(H,27,28)(H,30,31). The quantitative estimate of drug-likeness (QED) is 0.392. The van der Waals surface area contributed by atoms with Gasteiger partial charge in [-0.3, -0.25) is 10.2 Å². The zero-order valence-electron chi connectivity index (χ0n) is 16.0. The zero-order valence-corrected chi connectivity index (χ0v) is 16.8. The van der Waals surface area contributed by atoms with Gasteiger partial charge in [0, 0.05) is 17.5 Å². The highest BCUT2D eigenvalue weighted by molar-refractivity contribution is 6.53. The molecule has 1 heterocycles. The fourth-order valence-corrected chi connectivity index (χ4v) is 3.58. The topological polar surface area (TPSA) is 103 Å². The van der Waals surface area contributed by atoms with Crippen LogP contribution in [0, 0.1) is 5.41 Å². The second-order valence-corrected chi connectivity index (χ2v) is 7.30. The lowest BCUT2D eigenvalue weighted by atomic mass is 9.88. The molecule has 0 bridgehead atoms. The highest BCUT2D eigenvalue weighted by Gasteiger charge is 2.37. The molecule has 1 aromatic heterocycles. The number of anilines is 1. The van der Waals surface area contributed by atoms with Crippen molar-refractivity contribution in [2.45, 2.75) is 31.9 Å². The first-order chi connectivity index (χ1) is 14.6. The molecule has 0 amide bonds. The molecule has 0 spiro atoms. The number of carbonyl (C=O) groups excluding carboxylic acids is 1. The number of carboxylic acids is 1. The van der Waals surface area contributed by atoms with Gasteiger partial charge in [0.1, 0.15) is 11.5 Å². The van der Waals surface area contributed by atoms with E-state index in [1.807, 2.05) is 0 Å². The first-order valence-corrected chi connectivity index (χ1v) is 9.65. The maximum absolute atomic E-state index is 13.4. The van der Waals surface area contributed by atoms with Gasteiger partial charge in [-0.05, 0) is 49.9 Å². The number of carboxylic acid groups (broad SMARTS) is 1. The molecular weight excluding hydrogens is 435 g/mol. The number of ketones is 1. The number of hydrogen-bond donors (Lipinski definition) is 3. The highest BCUT2D eigenvalue weighted by Crippen LogP contribution is 2.36. The van der Waals surface area contributed by atoms with Crippen molar-refractivity contribution in [3.8, 4) is 0 Å². The Hall–Kier alpha value is -3.20. The molecule has 1 aromatic carbocycles. The van der Waals surface area contributed by atoms with E-state index in [4.69, 9.17) is 22.1 Å². The van der Waals surface area contributed by atoms with Crippen LogP contribution in [0.4, 0.5) is 19.0 Å². The number of nitrogens with one attached hydrogen (secondary N) is 2. The first-order valence-electron chi connectivity index (χ1n) is 9.27. The largest absolute Gasteiger partial charge is 0.478 e. The Morgan fingerprint density at radius 1 is 1.13 bits per heavy atom. The van der Waals surface area contributed by atoms with E-state index in [9.17, 15) is 22.8 Å². The Kier molecular flexibility index (Phi) is 6.45. The number of carbonyl (C=O) groups is 2. The minimum Gasteiger partial charge on any atom is -0.478 e. The molecule has 3 rings (SSSR count). The van der Waals surface area contributed by atoms with Crippen molar-refractivity contribution in [2.75, 3.05) is 5.32 Å². The summed E-state index contributed by atoms with van der Waals surface area (Å²) in [5, 5.41) is 19.9. The number of benzene rings is 1. The average Bonchev–Trinajstić information content (AvgIpc) is 2.72. The third-order valence-electron chi connectivity index (χ3n) is 4.83. The number of alkyl halides is 3. The highest BCUT2D eigenvalue weighted by atomic mass is 35.5. The number of rotatable bonds is 6. The van der Waals surface area contributed by atoms with Crippen molar-refractivity contribution in [1.82, 2.24) is 4.98 Å². The molecule has 2 aromatic rings. The second-order valence-electron chi connectivity index (χ2n) is 6.89. The van der Waals surface area contributed by atoms with Gasteiger partial charge >= 0.3 is 12.1 Å². The number of Topliss-reactive ketones (excluding diaryl/α,β-unsaturated/α-hetero) is 1. The van der Waals surface area contributed by atoms with E-state index in [0.29, 0.717) is 30.8 Å². The Morgan fingerprint density at radius 2 is 1.84 bits per heavy atom.